The smallest absolute Gasteiger partial charge is 0.255 e. The number of phenols is 1. The molecule has 2 aliphatic rings. The molecule has 0 saturated carbocycles. The predicted molar refractivity (Wildman–Crippen MR) is 161 cm³/mol. The van der Waals surface area contributed by atoms with Gasteiger partial charge in [-0.05, 0) is 47.5 Å². The lowest BCUT2D eigenvalue weighted by Gasteiger charge is -2.30. The van der Waals surface area contributed by atoms with Crippen LogP contribution in [0.25, 0.3) is 11.1 Å². The lowest BCUT2D eigenvalue weighted by Crippen LogP contribution is -2.43. The highest BCUT2D eigenvalue weighted by molar-refractivity contribution is 7.13. The van der Waals surface area contributed by atoms with E-state index in [4.69, 9.17) is 4.74 Å². The second-order valence-electron chi connectivity index (χ2n) is 10.2. The number of anilines is 2. The number of hydrogen-bond acceptors (Lipinski definition) is 9. The number of piperazine rings is 1. The number of aromatic nitrogens is 1. The molecule has 1 unspecified atom stereocenters. The molecule has 0 bridgehead atoms. The van der Waals surface area contributed by atoms with E-state index in [-0.39, 0.29) is 31.1 Å². The van der Waals surface area contributed by atoms with E-state index in [2.05, 4.69) is 20.5 Å². The molecule has 12 heteroatoms. The van der Waals surface area contributed by atoms with Crippen LogP contribution in [0, 0.1) is 5.82 Å². The number of hydrogen-bond donors (Lipinski definition) is 4. The molecule has 1 atom stereocenters. The summed E-state index contributed by atoms with van der Waals surface area (Å²) in [5.74, 6) is -1.43. The maximum atomic E-state index is 14.3. The lowest BCUT2D eigenvalue weighted by molar-refractivity contribution is -0.120. The first-order valence-electron chi connectivity index (χ1n) is 13.9. The molecule has 1 aromatic heterocycles. The number of halogens is 1. The van der Waals surface area contributed by atoms with Gasteiger partial charge in [0.15, 0.2) is 5.13 Å². The number of thiazole rings is 1. The summed E-state index contributed by atoms with van der Waals surface area (Å²) in [6.07, 6.45) is 1.53. The van der Waals surface area contributed by atoms with Crippen molar-refractivity contribution < 1.29 is 28.9 Å². The summed E-state index contributed by atoms with van der Waals surface area (Å²) in [5, 5.41) is 28.1. The minimum absolute atomic E-state index is 0.0290. The number of carbonyl (C=O) groups excluding carboxylic acids is 2. The maximum Gasteiger partial charge on any atom is 0.255 e. The first-order valence-corrected chi connectivity index (χ1v) is 14.8. The number of ether oxygens (including phenoxy) is 1. The van der Waals surface area contributed by atoms with E-state index in [1.54, 1.807) is 11.4 Å². The summed E-state index contributed by atoms with van der Waals surface area (Å²) < 4.78 is 20.3. The van der Waals surface area contributed by atoms with Gasteiger partial charge < -0.3 is 30.1 Å². The predicted octanol–water partition coefficient (Wildman–Crippen LogP) is 3.77. The number of aliphatic hydroxyl groups excluding tert-OH is 1. The van der Waals surface area contributed by atoms with Gasteiger partial charge in [0, 0.05) is 72.7 Å². The second kappa shape index (κ2) is 12.4. The van der Waals surface area contributed by atoms with Gasteiger partial charge in [0.1, 0.15) is 30.0 Å². The number of benzene rings is 3. The molecule has 1 saturated heterocycles. The summed E-state index contributed by atoms with van der Waals surface area (Å²) in [5.41, 5.74) is 3.53. The number of aliphatic hydroxyl groups is 1. The van der Waals surface area contributed by atoms with Gasteiger partial charge in [0.25, 0.3) is 11.8 Å². The van der Waals surface area contributed by atoms with Gasteiger partial charge in [-0.3, -0.25) is 14.9 Å². The fraction of sp³-hybridized carbons (Fsp3) is 0.258. The molecule has 0 spiro atoms. The zero-order valence-corrected chi connectivity index (χ0v) is 23.9. The fourth-order valence-electron chi connectivity index (χ4n) is 5.50. The largest absolute Gasteiger partial charge is 0.508 e. The Bertz CT molecular complexity index is 1640. The summed E-state index contributed by atoms with van der Waals surface area (Å²) >= 11 is 1.20. The summed E-state index contributed by atoms with van der Waals surface area (Å²) in [4.78, 5) is 35.1. The Kier molecular flexibility index (Phi) is 8.23. The van der Waals surface area contributed by atoms with Crippen molar-refractivity contribution in [2.75, 3.05) is 49.6 Å². The molecule has 0 radical (unpaired) electrons. The topological polar surface area (TPSA) is 127 Å². The molecule has 6 rings (SSSR count). The van der Waals surface area contributed by atoms with Crippen molar-refractivity contribution in [1.82, 2.24) is 15.2 Å². The van der Waals surface area contributed by atoms with Crippen LogP contribution in [0.1, 0.15) is 27.5 Å². The number of carbonyl (C=O) groups is 2. The van der Waals surface area contributed by atoms with E-state index in [9.17, 15) is 24.2 Å². The number of nitrogens with one attached hydrogen (secondary N) is 2. The van der Waals surface area contributed by atoms with Crippen molar-refractivity contribution in [3.05, 3.63) is 88.7 Å². The van der Waals surface area contributed by atoms with Crippen molar-refractivity contribution in [3.63, 3.8) is 0 Å². The van der Waals surface area contributed by atoms with Gasteiger partial charge in [0.2, 0.25) is 0 Å². The normalized spacial score (nSPS) is 15.3. The van der Waals surface area contributed by atoms with E-state index in [0.717, 1.165) is 61.2 Å². The van der Waals surface area contributed by atoms with Crippen LogP contribution in [-0.2, 0) is 11.3 Å². The van der Waals surface area contributed by atoms with Crippen LogP contribution < -0.4 is 20.3 Å². The van der Waals surface area contributed by atoms with Crippen molar-refractivity contribution in [3.8, 4) is 22.6 Å². The van der Waals surface area contributed by atoms with E-state index in [1.807, 2.05) is 30.3 Å². The lowest BCUT2D eigenvalue weighted by atomic mass is 9.99. The Hall–Kier alpha value is -4.52. The molecule has 43 heavy (non-hydrogen) atoms. The van der Waals surface area contributed by atoms with Gasteiger partial charge in [-0.15, -0.1) is 11.3 Å². The first-order chi connectivity index (χ1) is 20.9. The Balaban J connectivity index is 1.34. The standard InChI is InChI=1S/C31H30FN5O5S/c32-21-3-6-26(39)25(16-21)28(29(40)35-31-34-9-14-43-31)37-18-20-2-1-19(15-24(20)30(37)41)23-5-4-22(17-27(23)42-13-12-38)36-10-7-33-8-11-36/h1-6,9,14-17,28,33,38-39H,7-8,10-13,18H2,(H,34,35,40). The van der Waals surface area contributed by atoms with Crippen LogP contribution in [0.2, 0.25) is 0 Å². The SMILES string of the molecule is O=C(Nc1nccs1)C(c1cc(F)ccc1O)N1Cc2ccc(-c3ccc(N4CCNCC4)cc3OCCO)cc2C1=O. The number of nitrogens with zero attached hydrogens (tertiary/aromatic N) is 3. The quantitative estimate of drug-likeness (QED) is 0.228. The second-order valence-corrected chi connectivity index (χ2v) is 11.1. The van der Waals surface area contributed by atoms with Crippen molar-refractivity contribution in [1.29, 1.82) is 0 Å². The Morgan fingerprint density at radius 2 is 1.95 bits per heavy atom. The van der Waals surface area contributed by atoms with Crippen molar-refractivity contribution in [2.24, 2.45) is 0 Å². The molecule has 4 aromatic rings. The molecular weight excluding hydrogens is 573 g/mol. The Labute approximate surface area is 251 Å². The van der Waals surface area contributed by atoms with Crippen molar-refractivity contribution in [2.45, 2.75) is 12.6 Å². The van der Waals surface area contributed by atoms with E-state index in [1.165, 1.54) is 22.4 Å². The summed E-state index contributed by atoms with van der Waals surface area (Å²) in [7, 11) is 0. The Morgan fingerprint density at radius 3 is 2.72 bits per heavy atom. The van der Waals surface area contributed by atoms with Crippen LogP contribution in [0.15, 0.2) is 66.2 Å². The van der Waals surface area contributed by atoms with Crippen LogP contribution in [0.4, 0.5) is 15.2 Å². The monoisotopic (exact) mass is 603 g/mol. The molecule has 222 valence electrons. The third-order valence-electron chi connectivity index (χ3n) is 7.56. The molecule has 3 heterocycles. The van der Waals surface area contributed by atoms with Gasteiger partial charge in [0.05, 0.1) is 6.61 Å². The van der Waals surface area contributed by atoms with E-state index in [0.29, 0.717) is 22.0 Å². The molecule has 3 aromatic carbocycles. The highest BCUT2D eigenvalue weighted by Crippen LogP contribution is 2.40. The Morgan fingerprint density at radius 1 is 1.12 bits per heavy atom. The first kappa shape index (κ1) is 28.6. The highest BCUT2D eigenvalue weighted by Gasteiger charge is 2.39. The van der Waals surface area contributed by atoms with Crippen LogP contribution in [0.3, 0.4) is 0 Å². The highest BCUT2D eigenvalue weighted by atomic mass is 32.1. The van der Waals surface area contributed by atoms with E-state index < -0.39 is 23.7 Å². The van der Waals surface area contributed by atoms with E-state index >= 15 is 0 Å². The third kappa shape index (κ3) is 5.89. The van der Waals surface area contributed by atoms with Crippen LogP contribution in [0.5, 0.6) is 11.5 Å². The fourth-order valence-corrected chi connectivity index (χ4v) is 6.03. The average molecular weight is 604 g/mol. The maximum absolute atomic E-state index is 14.3. The summed E-state index contributed by atoms with van der Waals surface area (Å²) in [6, 6.07) is 13.4. The zero-order valence-electron chi connectivity index (χ0n) is 23.1. The number of phenolic OH excluding ortho intramolecular Hbond substituents is 1. The van der Waals surface area contributed by atoms with Gasteiger partial charge in [-0.25, -0.2) is 9.37 Å². The van der Waals surface area contributed by atoms with Gasteiger partial charge in [-0.1, -0.05) is 12.1 Å². The molecule has 2 aliphatic heterocycles. The molecule has 1 fully saturated rings. The van der Waals surface area contributed by atoms with Gasteiger partial charge >= 0.3 is 0 Å². The minimum atomic E-state index is -1.32. The minimum Gasteiger partial charge on any atom is -0.508 e. The van der Waals surface area contributed by atoms with Gasteiger partial charge in [-0.2, -0.15) is 0 Å². The molecule has 0 aliphatic carbocycles. The van der Waals surface area contributed by atoms with Crippen LogP contribution >= 0.6 is 11.3 Å². The van der Waals surface area contributed by atoms with Crippen molar-refractivity contribution >= 4 is 34.0 Å². The number of fused-ring (bicyclic) bond motifs is 1. The number of amides is 2. The van der Waals surface area contributed by atoms with Crippen LogP contribution in [-0.4, -0.2) is 71.3 Å². The summed E-state index contributed by atoms with van der Waals surface area (Å²) in [6.45, 7) is 3.54. The molecular formula is C31H30FN5O5S. The zero-order chi connectivity index (χ0) is 29.9. The third-order valence-corrected chi connectivity index (χ3v) is 8.24. The number of aromatic hydroxyl groups is 1. The molecule has 4 N–H and O–H groups in total. The molecule has 2 amide bonds. The average Bonchev–Trinajstić information content (AvgIpc) is 3.65. The molecule has 10 nitrogen and oxygen atoms in total. The number of rotatable bonds is 9.